The molecule has 2 aliphatic heterocycles. The number of nitriles is 1. The molecule has 0 N–H and O–H groups in total. The topological polar surface area (TPSA) is 82.8 Å². The Labute approximate surface area is 177 Å². The van der Waals surface area contributed by atoms with Gasteiger partial charge in [-0.2, -0.15) is 5.26 Å². The Morgan fingerprint density at radius 2 is 2.13 bits per heavy atom. The number of hydrogen-bond donors (Lipinski definition) is 0. The van der Waals surface area contributed by atoms with E-state index >= 15 is 0 Å². The first-order valence-electron chi connectivity index (χ1n) is 10.8. The summed E-state index contributed by atoms with van der Waals surface area (Å²) in [5.74, 6) is -0.229. The Morgan fingerprint density at radius 3 is 2.87 bits per heavy atom. The molecule has 2 bridgehead atoms. The fourth-order valence-electron chi connectivity index (χ4n) is 5.08. The molecule has 0 radical (unpaired) electrons. The summed E-state index contributed by atoms with van der Waals surface area (Å²) in [6.07, 6.45) is 4.90. The van der Waals surface area contributed by atoms with E-state index in [0.717, 1.165) is 30.4 Å². The summed E-state index contributed by atoms with van der Waals surface area (Å²) < 4.78 is 5.58. The molecule has 2 fully saturated rings. The molecule has 1 aromatic rings. The average Bonchev–Trinajstić information content (AvgIpc) is 3.40. The minimum atomic E-state index is -0.598. The number of ether oxygens (including phenoxy) is 1. The predicted molar refractivity (Wildman–Crippen MR) is 113 cm³/mol. The van der Waals surface area contributed by atoms with Crippen molar-refractivity contribution in [2.45, 2.75) is 77.1 Å². The maximum Gasteiger partial charge on any atom is 0.411 e. The van der Waals surface area contributed by atoms with E-state index in [1.165, 1.54) is 5.56 Å². The van der Waals surface area contributed by atoms with Gasteiger partial charge in [0.05, 0.1) is 24.6 Å². The highest BCUT2D eigenvalue weighted by Crippen LogP contribution is 2.44. The molecule has 1 saturated heterocycles. The molecule has 2 heterocycles. The standard InChI is InChI=1S/C24H29N3O3/c1-24(2,3)30-23(29)27-20-7-6-17(11-20)22(27)21(28)10-16(12-25)8-15-4-5-18-13-26-14-19(18)9-15/h4-5,9,13,16-17,20,22H,6-8,10-11,14H2,1-3H3/t16-,17+,20-,22+/m1/s1. The minimum Gasteiger partial charge on any atom is -0.444 e. The number of aliphatic imine (C=N–C) groups is 1. The molecule has 1 saturated carbocycles. The summed E-state index contributed by atoms with van der Waals surface area (Å²) >= 11 is 0. The summed E-state index contributed by atoms with van der Waals surface area (Å²) in [4.78, 5) is 32.0. The van der Waals surface area contributed by atoms with Crippen molar-refractivity contribution in [2.75, 3.05) is 0 Å². The van der Waals surface area contributed by atoms with Gasteiger partial charge >= 0.3 is 6.09 Å². The van der Waals surface area contributed by atoms with E-state index in [0.29, 0.717) is 13.0 Å². The molecule has 1 amide bonds. The number of benzene rings is 1. The number of nitrogens with zero attached hydrogens (tertiary/aromatic N) is 3. The number of Topliss-reactive ketones (excluding diaryl/α,β-unsaturated/α-hetero) is 1. The monoisotopic (exact) mass is 407 g/mol. The van der Waals surface area contributed by atoms with Gasteiger partial charge in [-0.25, -0.2) is 4.79 Å². The number of ketones is 1. The zero-order valence-electron chi connectivity index (χ0n) is 17.9. The Hall–Kier alpha value is -2.68. The van der Waals surface area contributed by atoms with E-state index in [1.807, 2.05) is 39.1 Å². The third kappa shape index (κ3) is 4.12. The quantitative estimate of drug-likeness (QED) is 0.737. The van der Waals surface area contributed by atoms with E-state index in [2.05, 4.69) is 17.1 Å². The van der Waals surface area contributed by atoms with Crippen LogP contribution < -0.4 is 0 Å². The number of hydrogen-bond acceptors (Lipinski definition) is 5. The number of rotatable bonds is 5. The van der Waals surface area contributed by atoms with Gasteiger partial charge < -0.3 is 4.74 Å². The predicted octanol–water partition coefficient (Wildman–Crippen LogP) is 4.05. The molecule has 6 heteroatoms. The van der Waals surface area contributed by atoms with Crippen LogP contribution in [-0.4, -0.2) is 40.7 Å². The lowest BCUT2D eigenvalue weighted by Crippen LogP contribution is -2.51. The van der Waals surface area contributed by atoms with Gasteiger partial charge in [0.25, 0.3) is 0 Å². The maximum absolute atomic E-state index is 13.2. The second kappa shape index (κ2) is 7.86. The van der Waals surface area contributed by atoms with Gasteiger partial charge in [-0.15, -0.1) is 0 Å². The Balaban J connectivity index is 1.44. The first-order chi connectivity index (χ1) is 14.2. The third-order valence-corrected chi connectivity index (χ3v) is 6.33. The largest absolute Gasteiger partial charge is 0.444 e. The molecular weight excluding hydrogens is 378 g/mol. The first kappa shape index (κ1) is 20.6. The summed E-state index contributed by atoms with van der Waals surface area (Å²) in [6, 6.07) is 8.06. The number of piperidine rings is 1. The van der Waals surface area contributed by atoms with Gasteiger partial charge in [-0.3, -0.25) is 14.7 Å². The normalized spacial score (nSPS) is 25.1. The molecule has 4 rings (SSSR count). The average molecular weight is 408 g/mol. The SMILES string of the molecule is CC(C)(C)OC(=O)N1[C@@H]2CC[C@@H](C2)[C@H]1C(=O)C[C@H](C#N)Cc1ccc2c(c1)CN=C2. The van der Waals surface area contributed by atoms with Crippen molar-refractivity contribution >= 4 is 18.1 Å². The number of likely N-dealkylation sites (tertiary alicyclic amines) is 1. The van der Waals surface area contributed by atoms with E-state index in [4.69, 9.17) is 4.74 Å². The van der Waals surface area contributed by atoms with E-state index < -0.39 is 23.7 Å². The number of amides is 1. The first-order valence-corrected chi connectivity index (χ1v) is 10.8. The van der Waals surface area contributed by atoms with Crippen molar-refractivity contribution in [3.8, 4) is 6.07 Å². The summed E-state index contributed by atoms with van der Waals surface area (Å²) in [5.41, 5.74) is 2.74. The van der Waals surface area contributed by atoms with E-state index in [9.17, 15) is 14.9 Å². The van der Waals surface area contributed by atoms with Crippen LogP contribution >= 0.6 is 0 Å². The van der Waals surface area contributed by atoms with E-state index in [-0.39, 0.29) is 24.2 Å². The van der Waals surface area contributed by atoms with E-state index in [1.54, 1.807) is 4.90 Å². The van der Waals surface area contributed by atoms with Crippen LogP contribution in [0.2, 0.25) is 0 Å². The van der Waals surface area contributed by atoms with Crippen LogP contribution in [0.4, 0.5) is 4.79 Å². The van der Waals surface area contributed by atoms with Gasteiger partial charge in [0.15, 0.2) is 5.78 Å². The van der Waals surface area contributed by atoms with Gasteiger partial charge in [0.1, 0.15) is 5.60 Å². The molecule has 6 nitrogen and oxygen atoms in total. The Morgan fingerprint density at radius 1 is 1.33 bits per heavy atom. The molecule has 1 aliphatic carbocycles. The molecule has 158 valence electrons. The molecule has 30 heavy (non-hydrogen) atoms. The lowest BCUT2D eigenvalue weighted by molar-refractivity contribution is -0.126. The molecule has 0 unspecified atom stereocenters. The molecule has 0 spiro atoms. The van der Waals surface area contributed by atoms with Crippen LogP contribution in [0.25, 0.3) is 0 Å². The fourth-order valence-corrected chi connectivity index (χ4v) is 5.08. The Kier molecular flexibility index (Phi) is 5.40. The highest BCUT2D eigenvalue weighted by Gasteiger charge is 2.52. The fraction of sp³-hybridized carbons (Fsp3) is 0.583. The lowest BCUT2D eigenvalue weighted by atomic mass is 9.87. The summed E-state index contributed by atoms with van der Waals surface area (Å²) in [5, 5.41) is 9.70. The highest BCUT2D eigenvalue weighted by molar-refractivity contribution is 5.89. The van der Waals surface area contributed by atoms with Gasteiger partial charge in [0.2, 0.25) is 0 Å². The van der Waals surface area contributed by atoms with Gasteiger partial charge in [0, 0.05) is 18.7 Å². The van der Waals surface area contributed by atoms with Crippen LogP contribution in [0.5, 0.6) is 0 Å². The second-order valence-corrected chi connectivity index (χ2v) is 9.76. The Bertz CT molecular complexity index is 925. The molecule has 1 aromatic carbocycles. The number of carbonyl (C=O) groups excluding carboxylic acids is 2. The number of fused-ring (bicyclic) bond motifs is 3. The molecule has 4 atom stereocenters. The smallest absolute Gasteiger partial charge is 0.411 e. The van der Waals surface area contributed by atoms with Crippen molar-refractivity contribution in [3.63, 3.8) is 0 Å². The number of carbonyl (C=O) groups is 2. The van der Waals surface area contributed by atoms with Crippen molar-refractivity contribution in [1.29, 1.82) is 5.26 Å². The maximum atomic E-state index is 13.2. The molecule has 0 aromatic heterocycles. The van der Waals surface area contributed by atoms with Gasteiger partial charge in [-0.1, -0.05) is 18.2 Å². The summed E-state index contributed by atoms with van der Waals surface area (Å²) in [7, 11) is 0. The van der Waals surface area contributed by atoms with Crippen molar-refractivity contribution in [1.82, 2.24) is 4.90 Å². The van der Waals surface area contributed by atoms with Crippen LogP contribution in [-0.2, 0) is 22.5 Å². The zero-order valence-corrected chi connectivity index (χ0v) is 17.9. The van der Waals surface area contributed by atoms with Gasteiger partial charge in [-0.05, 0) is 69.1 Å². The zero-order chi connectivity index (χ0) is 21.5. The van der Waals surface area contributed by atoms with Crippen molar-refractivity contribution in [2.24, 2.45) is 16.8 Å². The lowest BCUT2D eigenvalue weighted by Gasteiger charge is -2.35. The van der Waals surface area contributed by atoms with Crippen LogP contribution in [0.3, 0.4) is 0 Å². The summed E-state index contributed by atoms with van der Waals surface area (Å²) in [6.45, 7) is 6.19. The van der Waals surface area contributed by atoms with Crippen LogP contribution in [0.15, 0.2) is 23.2 Å². The van der Waals surface area contributed by atoms with Crippen molar-refractivity contribution < 1.29 is 14.3 Å². The minimum absolute atomic E-state index is 0.0101. The van der Waals surface area contributed by atoms with Crippen LogP contribution in [0, 0.1) is 23.2 Å². The highest BCUT2D eigenvalue weighted by atomic mass is 16.6. The second-order valence-electron chi connectivity index (χ2n) is 9.76. The van der Waals surface area contributed by atoms with Crippen molar-refractivity contribution in [3.05, 3.63) is 34.9 Å². The molecule has 3 aliphatic rings. The molecular formula is C24H29N3O3. The van der Waals surface area contributed by atoms with Crippen LogP contribution in [0.1, 0.15) is 63.1 Å². The third-order valence-electron chi connectivity index (χ3n) is 6.33.